The van der Waals surface area contributed by atoms with Crippen LogP contribution >= 0.6 is 0 Å². The molecule has 1 N–H and O–H groups in total. The summed E-state index contributed by atoms with van der Waals surface area (Å²) in [6.45, 7) is 9.92. The molecular formula is C18H30N2O. The first-order chi connectivity index (χ1) is 10.2. The molecule has 0 amide bonds. The molecule has 1 unspecified atom stereocenters. The van der Waals surface area contributed by atoms with Gasteiger partial charge in [0.05, 0.1) is 12.3 Å². The van der Waals surface area contributed by atoms with Crippen LogP contribution in [0, 0.1) is 0 Å². The van der Waals surface area contributed by atoms with Crippen LogP contribution in [0.15, 0.2) is 24.3 Å². The lowest BCUT2D eigenvalue weighted by molar-refractivity contribution is 0.230. The number of para-hydroxylation sites is 2. The molecule has 0 saturated carbocycles. The highest BCUT2D eigenvalue weighted by molar-refractivity contribution is 5.56. The van der Waals surface area contributed by atoms with Crippen LogP contribution in [0.4, 0.5) is 5.69 Å². The summed E-state index contributed by atoms with van der Waals surface area (Å²) in [5.41, 5.74) is 1.15. The van der Waals surface area contributed by atoms with Crippen LogP contribution in [-0.4, -0.2) is 36.7 Å². The molecule has 2 rings (SSSR count). The number of rotatable bonds is 6. The Labute approximate surface area is 129 Å². The third kappa shape index (κ3) is 4.92. The van der Waals surface area contributed by atoms with E-state index in [1.807, 2.05) is 6.07 Å². The molecule has 1 saturated heterocycles. The Morgan fingerprint density at radius 2 is 2.05 bits per heavy atom. The van der Waals surface area contributed by atoms with Gasteiger partial charge >= 0.3 is 0 Å². The summed E-state index contributed by atoms with van der Waals surface area (Å²) in [6.07, 6.45) is 4.76. The Balaban J connectivity index is 1.95. The van der Waals surface area contributed by atoms with Gasteiger partial charge in [-0.25, -0.2) is 0 Å². The van der Waals surface area contributed by atoms with Crippen molar-refractivity contribution in [1.82, 2.24) is 4.90 Å². The van der Waals surface area contributed by atoms with E-state index in [0.717, 1.165) is 24.5 Å². The predicted octanol–water partition coefficient (Wildman–Crippen LogP) is 4.15. The quantitative estimate of drug-likeness (QED) is 0.851. The van der Waals surface area contributed by atoms with Crippen molar-refractivity contribution in [2.75, 3.05) is 25.0 Å². The minimum Gasteiger partial charge on any atom is -0.491 e. The van der Waals surface area contributed by atoms with E-state index < -0.39 is 0 Å². The maximum atomic E-state index is 5.85. The summed E-state index contributed by atoms with van der Waals surface area (Å²) in [5.74, 6) is 0.990. The van der Waals surface area contributed by atoms with E-state index in [0.29, 0.717) is 12.1 Å². The monoisotopic (exact) mass is 290 g/mol. The third-order valence-electron chi connectivity index (χ3n) is 4.20. The van der Waals surface area contributed by atoms with Gasteiger partial charge in [-0.2, -0.15) is 0 Å². The van der Waals surface area contributed by atoms with Crippen molar-refractivity contribution >= 4 is 5.69 Å². The molecule has 1 aliphatic heterocycles. The second-order valence-electron chi connectivity index (χ2n) is 6.25. The molecule has 0 spiro atoms. The first-order valence-corrected chi connectivity index (χ1v) is 8.43. The number of hydrogen-bond acceptors (Lipinski definition) is 3. The van der Waals surface area contributed by atoms with Gasteiger partial charge < -0.3 is 15.0 Å². The van der Waals surface area contributed by atoms with Gasteiger partial charge in [0, 0.05) is 18.6 Å². The lowest BCUT2D eigenvalue weighted by atomic mass is 10.1. The Bertz CT molecular complexity index is 419. The van der Waals surface area contributed by atoms with Crippen molar-refractivity contribution in [3.05, 3.63) is 24.3 Å². The summed E-state index contributed by atoms with van der Waals surface area (Å²) in [6, 6.07) is 9.54. The molecule has 1 aliphatic rings. The van der Waals surface area contributed by atoms with Crippen molar-refractivity contribution < 1.29 is 4.74 Å². The Kier molecular flexibility index (Phi) is 6.37. The molecule has 1 heterocycles. The molecule has 118 valence electrons. The van der Waals surface area contributed by atoms with E-state index in [1.165, 1.54) is 32.4 Å². The molecule has 1 fully saturated rings. The Morgan fingerprint density at radius 1 is 1.24 bits per heavy atom. The van der Waals surface area contributed by atoms with E-state index in [-0.39, 0.29) is 0 Å². The van der Waals surface area contributed by atoms with Crippen LogP contribution in [-0.2, 0) is 0 Å². The molecule has 1 atom stereocenters. The smallest absolute Gasteiger partial charge is 0.142 e. The number of hydrogen-bond donors (Lipinski definition) is 1. The van der Waals surface area contributed by atoms with Gasteiger partial charge in [0.25, 0.3) is 0 Å². The number of anilines is 1. The van der Waals surface area contributed by atoms with Gasteiger partial charge in [0.1, 0.15) is 5.75 Å². The van der Waals surface area contributed by atoms with Crippen molar-refractivity contribution in [2.45, 2.75) is 58.5 Å². The first kappa shape index (κ1) is 16.2. The number of nitrogens with zero attached hydrogens (tertiary/aromatic N) is 1. The Morgan fingerprint density at radius 3 is 2.81 bits per heavy atom. The van der Waals surface area contributed by atoms with Crippen LogP contribution < -0.4 is 10.1 Å². The number of benzene rings is 1. The molecule has 0 radical (unpaired) electrons. The van der Waals surface area contributed by atoms with Crippen molar-refractivity contribution in [1.29, 1.82) is 0 Å². The molecular weight excluding hydrogens is 260 g/mol. The SMILES string of the molecule is CCCOc1ccccc1NC1CCCN(C(C)C)CC1. The summed E-state index contributed by atoms with van der Waals surface area (Å²) < 4.78 is 5.85. The fourth-order valence-electron chi connectivity index (χ4n) is 2.92. The average Bonchev–Trinajstić information content (AvgIpc) is 2.72. The minimum absolute atomic E-state index is 0.556. The lowest BCUT2D eigenvalue weighted by Crippen LogP contribution is -2.32. The standard InChI is InChI=1S/C18H30N2O/c1-4-14-21-18-10-6-5-9-17(18)19-16-8-7-12-20(13-11-16)15(2)3/h5-6,9-10,15-16,19H,4,7-8,11-14H2,1-3H3. The van der Waals surface area contributed by atoms with Crippen molar-refractivity contribution in [2.24, 2.45) is 0 Å². The van der Waals surface area contributed by atoms with E-state index >= 15 is 0 Å². The van der Waals surface area contributed by atoms with Crippen LogP contribution in [0.2, 0.25) is 0 Å². The fourth-order valence-corrected chi connectivity index (χ4v) is 2.92. The second-order valence-corrected chi connectivity index (χ2v) is 6.25. The Hall–Kier alpha value is -1.22. The maximum absolute atomic E-state index is 5.85. The van der Waals surface area contributed by atoms with Crippen molar-refractivity contribution in [3.63, 3.8) is 0 Å². The second kappa shape index (κ2) is 8.28. The van der Waals surface area contributed by atoms with Gasteiger partial charge in [-0.05, 0) is 58.2 Å². The summed E-state index contributed by atoms with van der Waals surface area (Å²) in [7, 11) is 0. The number of likely N-dealkylation sites (tertiary alicyclic amines) is 1. The first-order valence-electron chi connectivity index (χ1n) is 8.43. The predicted molar refractivity (Wildman–Crippen MR) is 90.2 cm³/mol. The normalized spacial score (nSPS) is 20.3. The van der Waals surface area contributed by atoms with Gasteiger partial charge in [0.2, 0.25) is 0 Å². The molecule has 3 heteroatoms. The zero-order valence-electron chi connectivity index (χ0n) is 13.8. The van der Waals surface area contributed by atoms with E-state index in [1.54, 1.807) is 0 Å². The largest absolute Gasteiger partial charge is 0.491 e. The molecule has 3 nitrogen and oxygen atoms in total. The molecule has 0 aromatic heterocycles. The molecule has 0 bridgehead atoms. The highest BCUT2D eigenvalue weighted by Gasteiger charge is 2.19. The van der Waals surface area contributed by atoms with Crippen LogP contribution in [0.3, 0.4) is 0 Å². The zero-order valence-corrected chi connectivity index (χ0v) is 13.8. The number of ether oxygens (including phenoxy) is 1. The van der Waals surface area contributed by atoms with Crippen LogP contribution in [0.1, 0.15) is 46.5 Å². The third-order valence-corrected chi connectivity index (χ3v) is 4.20. The fraction of sp³-hybridized carbons (Fsp3) is 0.667. The zero-order chi connectivity index (χ0) is 15.1. The maximum Gasteiger partial charge on any atom is 0.142 e. The van der Waals surface area contributed by atoms with Gasteiger partial charge in [-0.3, -0.25) is 0 Å². The summed E-state index contributed by atoms with van der Waals surface area (Å²) >= 11 is 0. The van der Waals surface area contributed by atoms with Crippen LogP contribution in [0.25, 0.3) is 0 Å². The van der Waals surface area contributed by atoms with Gasteiger partial charge in [-0.15, -0.1) is 0 Å². The molecule has 1 aromatic carbocycles. The van der Waals surface area contributed by atoms with Gasteiger partial charge in [-0.1, -0.05) is 19.1 Å². The lowest BCUT2D eigenvalue weighted by Gasteiger charge is -2.24. The van der Waals surface area contributed by atoms with Crippen molar-refractivity contribution in [3.8, 4) is 5.75 Å². The molecule has 21 heavy (non-hydrogen) atoms. The van der Waals surface area contributed by atoms with Crippen LogP contribution in [0.5, 0.6) is 5.75 Å². The molecule has 0 aliphatic carbocycles. The summed E-state index contributed by atoms with van der Waals surface area (Å²) in [4.78, 5) is 2.58. The average molecular weight is 290 g/mol. The van der Waals surface area contributed by atoms with E-state index in [4.69, 9.17) is 4.74 Å². The van der Waals surface area contributed by atoms with Gasteiger partial charge in [0.15, 0.2) is 0 Å². The minimum atomic E-state index is 0.556. The van der Waals surface area contributed by atoms with E-state index in [2.05, 4.69) is 49.2 Å². The highest BCUT2D eigenvalue weighted by atomic mass is 16.5. The highest BCUT2D eigenvalue weighted by Crippen LogP contribution is 2.27. The topological polar surface area (TPSA) is 24.5 Å². The van der Waals surface area contributed by atoms with E-state index in [9.17, 15) is 0 Å². The number of nitrogens with one attached hydrogen (secondary N) is 1. The summed E-state index contributed by atoms with van der Waals surface area (Å²) in [5, 5.41) is 3.71. The molecule has 1 aromatic rings.